The maximum atomic E-state index is 12.9. The van der Waals surface area contributed by atoms with E-state index in [9.17, 15) is 4.79 Å². The largest absolute Gasteiger partial charge is 0.360 e. The van der Waals surface area contributed by atoms with Gasteiger partial charge in [0.15, 0.2) is 0 Å². The van der Waals surface area contributed by atoms with E-state index >= 15 is 0 Å². The van der Waals surface area contributed by atoms with Gasteiger partial charge in [0.2, 0.25) is 0 Å². The number of hydrogen-bond donors (Lipinski definition) is 1. The molecule has 0 saturated carbocycles. The second kappa shape index (κ2) is 6.33. The first-order valence-corrected chi connectivity index (χ1v) is 9.13. The van der Waals surface area contributed by atoms with Crippen LogP contribution in [0.25, 0.3) is 0 Å². The Kier molecular flexibility index (Phi) is 4.01. The Bertz CT molecular complexity index is 920. The molecule has 0 spiro atoms. The molecule has 1 aromatic carbocycles. The predicted molar refractivity (Wildman–Crippen MR) is 101 cm³/mol. The van der Waals surface area contributed by atoms with Gasteiger partial charge in [-0.1, -0.05) is 23.8 Å². The lowest BCUT2D eigenvalue weighted by molar-refractivity contribution is 0.0729. The Morgan fingerprint density at radius 2 is 2.08 bits per heavy atom. The summed E-state index contributed by atoms with van der Waals surface area (Å²) >= 11 is 1.66. The summed E-state index contributed by atoms with van der Waals surface area (Å²) in [5, 5.41) is 5.57. The van der Waals surface area contributed by atoms with Gasteiger partial charge >= 0.3 is 0 Å². The zero-order chi connectivity index (χ0) is 17.4. The molecule has 0 saturated heterocycles. The maximum absolute atomic E-state index is 12.9. The second-order valence-corrected chi connectivity index (χ2v) is 7.35. The van der Waals surface area contributed by atoms with Crippen molar-refractivity contribution in [2.75, 3.05) is 5.32 Å². The fraction of sp³-hybridized carbons (Fsp3) is 0.200. The van der Waals surface area contributed by atoms with Gasteiger partial charge < -0.3 is 10.2 Å². The molecular formula is C20H19N3OS. The molecule has 1 N–H and O–H groups in total. The Balaban J connectivity index is 1.71. The number of aromatic nitrogens is 1. The average Bonchev–Trinajstić information content (AvgIpc) is 3.20. The van der Waals surface area contributed by atoms with E-state index < -0.39 is 0 Å². The summed E-state index contributed by atoms with van der Waals surface area (Å²) in [6.07, 6.45) is 1.49. The van der Waals surface area contributed by atoms with Gasteiger partial charge in [0, 0.05) is 16.8 Å². The number of thiophene rings is 1. The number of amides is 1. The topological polar surface area (TPSA) is 45.2 Å². The van der Waals surface area contributed by atoms with Crippen LogP contribution in [0.2, 0.25) is 0 Å². The SMILES string of the molecule is Cc1ccc(NC2c3ncccc3C(=O)N2Cc2cccs2)c(C)c1. The third-order valence-electron chi connectivity index (χ3n) is 4.48. The van der Waals surface area contributed by atoms with Crippen LogP contribution in [-0.2, 0) is 6.54 Å². The molecule has 3 heterocycles. The molecule has 126 valence electrons. The van der Waals surface area contributed by atoms with Crippen molar-refractivity contribution >= 4 is 22.9 Å². The first-order chi connectivity index (χ1) is 12.1. The van der Waals surface area contributed by atoms with Gasteiger partial charge in [-0.05, 0) is 49.1 Å². The van der Waals surface area contributed by atoms with Gasteiger partial charge in [-0.3, -0.25) is 9.78 Å². The number of anilines is 1. The molecule has 25 heavy (non-hydrogen) atoms. The van der Waals surface area contributed by atoms with Gasteiger partial charge in [-0.2, -0.15) is 0 Å². The smallest absolute Gasteiger partial charge is 0.258 e. The minimum Gasteiger partial charge on any atom is -0.360 e. The second-order valence-electron chi connectivity index (χ2n) is 6.31. The molecule has 0 bridgehead atoms. The molecule has 2 aromatic heterocycles. The standard InChI is InChI=1S/C20H19N3OS/c1-13-7-8-17(14(2)11-13)22-19-18-16(6-3-9-21-18)20(24)23(19)12-15-5-4-10-25-15/h3-11,19,22H,12H2,1-2H3. The van der Waals surface area contributed by atoms with Gasteiger partial charge in [0.05, 0.1) is 17.8 Å². The fourth-order valence-corrected chi connectivity index (χ4v) is 3.94. The molecule has 0 aliphatic carbocycles. The first-order valence-electron chi connectivity index (χ1n) is 8.25. The Morgan fingerprint density at radius 3 is 2.84 bits per heavy atom. The summed E-state index contributed by atoms with van der Waals surface area (Å²) in [7, 11) is 0. The number of carbonyl (C=O) groups excluding carboxylic acids is 1. The highest BCUT2D eigenvalue weighted by atomic mass is 32.1. The lowest BCUT2D eigenvalue weighted by Gasteiger charge is -2.27. The maximum Gasteiger partial charge on any atom is 0.258 e. The van der Waals surface area contributed by atoms with Gasteiger partial charge in [0.1, 0.15) is 6.17 Å². The van der Waals surface area contributed by atoms with Crippen molar-refractivity contribution in [1.29, 1.82) is 0 Å². The normalized spacial score (nSPS) is 16.2. The number of fused-ring (bicyclic) bond motifs is 1. The van der Waals surface area contributed by atoms with Crippen molar-refractivity contribution in [1.82, 2.24) is 9.88 Å². The van der Waals surface area contributed by atoms with E-state index in [1.807, 2.05) is 28.5 Å². The van der Waals surface area contributed by atoms with Crippen LogP contribution in [0.4, 0.5) is 5.69 Å². The zero-order valence-electron chi connectivity index (χ0n) is 14.2. The summed E-state index contributed by atoms with van der Waals surface area (Å²) in [5.74, 6) is 0.0266. The van der Waals surface area contributed by atoms with E-state index in [-0.39, 0.29) is 12.1 Å². The molecular weight excluding hydrogens is 330 g/mol. The van der Waals surface area contributed by atoms with Crippen LogP contribution < -0.4 is 5.32 Å². The summed E-state index contributed by atoms with van der Waals surface area (Å²) in [5.41, 5.74) is 4.89. The summed E-state index contributed by atoms with van der Waals surface area (Å²) in [6.45, 7) is 4.74. The van der Waals surface area contributed by atoms with Crippen LogP contribution in [0.3, 0.4) is 0 Å². The summed E-state index contributed by atoms with van der Waals surface area (Å²) in [6, 6.07) is 14.0. The summed E-state index contributed by atoms with van der Waals surface area (Å²) < 4.78 is 0. The van der Waals surface area contributed by atoms with Gasteiger partial charge in [0.25, 0.3) is 5.91 Å². The number of rotatable bonds is 4. The highest BCUT2D eigenvalue weighted by molar-refractivity contribution is 7.09. The highest BCUT2D eigenvalue weighted by Gasteiger charge is 2.38. The lowest BCUT2D eigenvalue weighted by Crippen LogP contribution is -2.32. The van der Waals surface area contributed by atoms with Crippen molar-refractivity contribution < 1.29 is 4.79 Å². The van der Waals surface area contributed by atoms with E-state index in [4.69, 9.17) is 0 Å². The van der Waals surface area contributed by atoms with E-state index in [2.05, 4.69) is 48.4 Å². The summed E-state index contributed by atoms with van der Waals surface area (Å²) in [4.78, 5) is 20.4. The van der Waals surface area contributed by atoms with Crippen molar-refractivity contribution in [3.05, 3.63) is 81.3 Å². The monoisotopic (exact) mass is 349 g/mol. The minimum atomic E-state index is -0.257. The number of nitrogens with zero attached hydrogens (tertiary/aromatic N) is 2. The van der Waals surface area contributed by atoms with E-state index in [0.29, 0.717) is 12.1 Å². The van der Waals surface area contributed by atoms with Crippen LogP contribution in [0.1, 0.15) is 38.2 Å². The molecule has 1 unspecified atom stereocenters. The average molecular weight is 349 g/mol. The molecule has 1 atom stereocenters. The van der Waals surface area contributed by atoms with Crippen molar-refractivity contribution in [2.24, 2.45) is 0 Å². The number of pyridine rings is 1. The molecule has 1 aliphatic heterocycles. The van der Waals surface area contributed by atoms with Crippen LogP contribution in [0, 0.1) is 13.8 Å². The first kappa shape index (κ1) is 15.8. The zero-order valence-corrected chi connectivity index (χ0v) is 15.0. The third-order valence-corrected chi connectivity index (χ3v) is 5.34. The molecule has 4 rings (SSSR count). The molecule has 1 amide bonds. The van der Waals surface area contributed by atoms with Crippen LogP contribution >= 0.6 is 11.3 Å². The van der Waals surface area contributed by atoms with Crippen molar-refractivity contribution in [3.8, 4) is 0 Å². The number of hydrogen-bond acceptors (Lipinski definition) is 4. The predicted octanol–water partition coefficient (Wildman–Crippen LogP) is 4.53. The fourth-order valence-electron chi connectivity index (χ4n) is 3.24. The Labute approximate surface area is 151 Å². The van der Waals surface area contributed by atoms with E-state index in [0.717, 1.165) is 21.8 Å². The van der Waals surface area contributed by atoms with Gasteiger partial charge in [-0.15, -0.1) is 11.3 Å². The van der Waals surface area contributed by atoms with E-state index in [1.54, 1.807) is 17.5 Å². The minimum absolute atomic E-state index is 0.0266. The van der Waals surface area contributed by atoms with Crippen LogP contribution in [-0.4, -0.2) is 15.8 Å². The number of benzene rings is 1. The Morgan fingerprint density at radius 1 is 1.20 bits per heavy atom. The van der Waals surface area contributed by atoms with Gasteiger partial charge in [-0.25, -0.2) is 0 Å². The molecule has 3 aromatic rings. The molecule has 5 heteroatoms. The number of nitrogens with one attached hydrogen (secondary N) is 1. The number of aryl methyl sites for hydroxylation is 2. The third kappa shape index (κ3) is 2.91. The van der Waals surface area contributed by atoms with Crippen LogP contribution in [0.15, 0.2) is 54.0 Å². The quantitative estimate of drug-likeness (QED) is 0.753. The Hall–Kier alpha value is -2.66. The molecule has 0 fully saturated rings. The number of carbonyl (C=O) groups is 1. The van der Waals surface area contributed by atoms with E-state index in [1.165, 1.54) is 5.56 Å². The van der Waals surface area contributed by atoms with Crippen LogP contribution in [0.5, 0.6) is 0 Å². The molecule has 0 radical (unpaired) electrons. The highest BCUT2D eigenvalue weighted by Crippen LogP contribution is 2.35. The molecule has 4 nitrogen and oxygen atoms in total. The lowest BCUT2D eigenvalue weighted by atomic mass is 10.1. The van der Waals surface area contributed by atoms with Crippen molar-refractivity contribution in [2.45, 2.75) is 26.6 Å². The van der Waals surface area contributed by atoms with Crippen molar-refractivity contribution in [3.63, 3.8) is 0 Å². The molecule has 1 aliphatic rings.